The molecule has 0 unspecified atom stereocenters. The van der Waals surface area contributed by atoms with Crippen molar-refractivity contribution in [3.8, 4) is 5.69 Å². The van der Waals surface area contributed by atoms with E-state index in [1.165, 1.54) is 0 Å². The molecule has 3 rings (SSSR count). The number of aryl methyl sites for hydroxylation is 1. The van der Waals surface area contributed by atoms with Gasteiger partial charge in [0.25, 0.3) is 5.91 Å². The lowest BCUT2D eigenvalue weighted by Crippen LogP contribution is -2.45. The van der Waals surface area contributed by atoms with Crippen LogP contribution in [-0.4, -0.2) is 66.6 Å². The van der Waals surface area contributed by atoms with Gasteiger partial charge in [0.05, 0.1) is 11.3 Å². The smallest absolute Gasteiger partial charge is 0.253 e. The number of aromatic nitrogens is 1. The second kappa shape index (κ2) is 8.32. The van der Waals surface area contributed by atoms with Gasteiger partial charge in [-0.25, -0.2) is 0 Å². The summed E-state index contributed by atoms with van der Waals surface area (Å²) in [6, 6.07) is 9.95. The highest BCUT2D eigenvalue weighted by atomic mass is 16.1. The maximum Gasteiger partial charge on any atom is 0.253 e. The van der Waals surface area contributed by atoms with Gasteiger partial charge in [0.1, 0.15) is 0 Å². The van der Waals surface area contributed by atoms with Crippen LogP contribution in [0.4, 0.5) is 0 Å². The normalized spacial score (nSPS) is 16.1. The minimum absolute atomic E-state index is 0.00535. The maximum absolute atomic E-state index is 12.7. The number of carbonyl (C=O) groups is 1. The largest absolute Gasteiger partial charge is 0.352 e. The first kappa shape index (κ1) is 17.7. The standard InChI is InChI=1S/C20H28N4O/c1-17-6-7-19(24-10-3-4-11-24)18(16-17)20(25)21-8-5-9-23-14-12-22(2)13-15-23/h3-4,6-7,10-11,16H,5,8-9,12-15H2,1-2H3,(H,21,25). The highest BCUT2D eigenvalue weighted by molar-refractivity contribution is 5.98. The van der Waals surface area contributed by atoms with Crippen molar-refractivity contribution < 1.29 is 4.79 Å². The van der Waals surface area contributed by atoms with Crippen LogP contribution in [0.25, 0.3) is 5.69 Å². The Kier molecular flexibility index (Phi) is 5.89. The van der Waals surface area contributed by atoms with E-state index < -0.39 is 0 Å². The Labute approximate surface area is 150 Å². The second-order valence-electron chi connectivity index (χ2n) is 6.87. The van der Waals surface area contributed by atoms with Gasteiger partial charge in [0.2, 0.25) is 0 Å². The van der Waals surface area contributed by atoms with Gasteiger partial charge < -0.3 is 19.7 Å². The summed E-state index contributed by atoms with van der Waals surface area (Å²) in [5, 5.41) is 3.09. The van der Waals surface area contributed by atoms with E-state index in [0.717, 1.165) is 56.0 Å². The van der Waals surface area contributed by atoms with Gasteiger partial charge in [0.15, 0.2) is 0 Å². The van der Waals surface area contributed by atoms with E-state index in [0.29, 0.717) is 6.54 Å². The Morgan fingerprint density at radius 1 is 1.12 bits per heavy atom. The van der Waals surface area contributed by atoms with E-state index in [4.69, 9.17) is 0 Å². The average Bonchev–Trinajstić information content (AvgIpc) is 3.14. The molecule has 5 nitrogen and oxygen atoms in total. The third-order valence-electron chi connectivity index (χ3n) is 4.81. The van der Waals surface area contributed by atoms with Crippen molar-refractivity contribution in [1.82, 2.24) is 19.7 Å². The van der Waals surface area contributed by atoms with Crippen molar-refractivity contribution in [3.05, 3.63) is 53.9 Å². The van der Waals surface area contributed by atoms with Crippen LogP contribution in [0.2, 0.25) is 0 Å². The van der Waals surface area contributed by atoms with Gasteiger partial charge in [0, 0.05) is 45.1 Å². The third-order valence-corrected chi connectivity index (χ3v) is 4.81. The predicted octanol–water partition coefficient (Wildman–Crippen LogP) is 2.15. The number of carbonyl (C=O) groups excluding carboxylic acids is 1. The minimum atomic E-state index is 0.00535. The third kappa shape index (κ3) is 4.71. The van der Waals surface area contributed by atoms with E-state index >= 15 is 0 Å². The van der Waals surface area contributed by atoms with Crippen LogP contribution in [0.1, 0.15) is 22.3 Å². The molecule has 25 heavy (non-hydrogen) atoms. The molecular weight excluding hydrogens is 312 g/mol. The van der Waals surface area contributed by atoms with Crippen molar-refractivity contribution >= 4 is 5.91 Å². The monoisotopic (exact) mass is 340 g/mol. The fourth-order valence-corrected chi connectivity index (χ4v) is 3.22. The number of benzene rings is 1. The van der Waals surface area contributed by atoms with Crippen LogP contribution in [0, 0.1) is 6.92 Å². The van der Waals surface area contributed by atoms with Crippen LogP contribution < -0.4 is 5.32 Å². The van der Waals surface area contributed by atoms with Crippen LogP contribution in [0.5, 0.6) is 0 Å². The molecule has 134 valence electrons. The van der Waals surface area contributed by atoms with Gasteiger partial charge in [-0.3, -0.25) is 4.79 Å². The molecule has 2 aromatic rings. The summed E-state index contributed by atoms with van der Waals surface area (Å²) in [5.41, 5.74) is 2.75. The summed E-state index contributed by atoms with van der Waals surface area (Å²) in [7, 11) is 2.17. The first-order chi connectivity index (χ1) is 12.1. The molecule has 1 aliphatic heterocycles. The first-order valence-corrected chi connectivity index (χ1v) is 9.06. The van der Waals surface area contributed by atoms with Crippen LogP contribution in [-0.2, 0) is 0 Å². The molecule has 1 amide bonds. The molecule has 2 heterocycles. The Bertz CT molecular complexity index is 688. The molecule has 1 N–H and O–H groups in total. The number of likely N-dealkylation sites (N-methyl/N-ethyl adjacent to an activating group) is 1. The molecule has 1 aliphatic rings. The summed E-state index contributed by atoms with van der Waals surface area (Å²) >= 11 is 0. The van der Waals surface area contributed by atoms with Crippen molar-refractivity contribution in [2.24, 2.45) is 0 Å². The quantitative estimate of drug-likeness (QED) is 0.819. The molecule has 0 radical (unpaired) electrons. The lowest BCUT2D eigenvalue weighted by molar-refractivity contribution is 0.0949. The topological polar surface area (TPSA) is 40.5 Å². The lowest BCUT2D eigenvalue weighted by atomic mass is 10.1. The molecule has 1 aromatic carbocycles. The highest BCUT2D eigenvalue weighted by Crippen LogP contribution is 2.17. The fraction of sp³-hybridized carbons (Fsp3) is 0.450. The van der Waals surface area contributed by atoms with Crippen molar-refractivity contribution in [2.45, 2.75) is 13.3 Å². The molecular formula is C20H28N4O. The Balaban J connectivity index is 1.54. The van der Waals surface area contributed by atoms with Crippen LogP contribution >= 0.6 is 0 Å². The average molecular weight is 340 g/mol. The molecule has 1 saturated heterocycles. The maximum atomic E-state index is 12.7. The van der Waals surface area contributed by atoms with Gasteiger partial charge in [-0.2, -0.15) is 0 Å². The van der Waals surface area contributed by atoms with Gasteiger partial charge in [-0.15, -0.1) is 0 Å². The van der Waals surface area contributed by atoms with Crippen molar-refractivity contribution in [1.29, 1.82) is 0 Å². The number of hydrogen-bond acceptors (Lipinski definition) is 3. The number of nitrogens with zero attached hydrogens (tertiary/aromatic N) is 3. The van der Waals surface area contributed by atoms with Crippen LogP contribution in [0.15, 0.2) is 42.7 Å². The van der Waals surface area contributed by atoms with E-state index in [9.17, 15) is 4.79 Å². The van der Waals surface area contributed by atoms with Crippen molar-refractivity contribution in [2.75, 3.05) is 46.3 Å². The molecule has 0 bridgehead atoms. The summed E-state index contributed by atoms with van der Waals surface area (Å²) in [6.07, 6.45) is 4.92. The van der Waals surface area contributed by atoms with E-state index in [2.05, 4.69) is 22.2 Å². The predicted molar refractivity (Wildman–Crippen MR) is 101 cm³/mol. The SMILES string of the molecule is Cc1ccc(-n2cccc2)c(C(=O)NCCCN2CCN(C)CC2)c1. The van der Waals surface area contributed by atoms with Crippen molar-refractivity contribution in [3.63, 3.8) is 0 Å². The number of piperazine rings is 1. The summed E-state index contributed by atoms with van der Waals surface area (Å²) in [6.45, 7) is 8.30. The number of hydrogen-bond donors (Lipinski definition) is 1. The summed E-state index contributed by atoms with van der Waals surface area (Å²) in [4.78, 5) is 17.5. The Morgan fingerprint density at radius 3 is 2.56 bits per heavy atom. The van der Waals surface area contributed by atoms with E-state index in [1.807, 2.05) is 54.2 Å². The Morgan fingerprint density at radius 2 is 1.84 bits per heavy atom. The zero-order chi connectivity index (χ0) is 17.6. The molecule has 1 fully saturated rings. The molecule has 0 atom stereocenters. The molecule has 0 spiro atoms. The number of rotatable bonds is 6. The molecule has 1 aromatic heterocycles. The fourth-order valence-electron chi connectivity index (χ4n) is 3.22. The summed E-state index contributed by atoms with van der Waals surface area (Å²) < 4.78 is 1.98. The summed E-state index contributed by atoms with van der Waals surface area (Å²) in [5.74, 6) is 0.00535. The molecule has 0 aliphatic carbocycles. The zero-order valence-electron chi connectivity index (χ0n) is 15.2. The first-order valence-electron chi connectivity index (χ1n) is 9.06. The van der Waals surface area contributed by atoms with E-state index in [-0.39, 0.29) is 5.91 Å². The lowest BCUT2D eigenvalue weighted by Gasteiger charge is -2.32. The molecule has 5 heteroatoms. The van der Waals surface area contributed by atoms with Gasteiger partial charge in [-0.05, 0) is 51.2 Å². The minimum Gasteiger partial charge on any atom is -0.352 e. The zero-order valence-corrected chi connectivity index (χ0v) is 15.2. The highest BCUT2D eigenvalue weighted by Gasteiger charge is 2.14. The number of nitrogens with one attached hydrogen (secondary N) is 1. The van der Waals surface area contributed by atoms with Gasteiger partial charge >= 0.3 is 0 Å². The van der Waals surface area contributed by atoms with Gasteiger partial charge in [-0.1, -0.05) is 11.6 Å². The molecule has 0 saturated carbocycles. The van der Waals surface area contributed by atoms with Crippen LogP contribution in [0.3, 0.4) is 0 Å². The Hall–Kier alpha value is -2.11. The number of amides is 1. The van der Waals surface area contributed by atoms with E-state index in [1.54, 1.807) is 0 Å². The second-order valence-corrected chi connectivity index (χ2v) is 6.87.